The Bertz CT molecular complexity index is 967. The Balaban J connectivity index is 1.83. The monoisotopic (exact) mass is 436 g/mol. The van der Waals surface area contributed by atoms with E-state index < -0.39 is 0 Å². The number of fused-ring (bicyclic) bond motifs is 1. The number of benzene rings is 2. The number of carbonyl (C=O) groups is 2. The second-order valence-electron chi connectivity index (χ2n) is 8.91. The van der Waals surface area contributed by atoms with Crippen LogP contribution in [-0.2, 0) is 6.42 Å². The second kappa shape index (κ2) is 10.8. The molecule has 0 aromatic heterocycles. The van der Waals surface area contributed by atoms with E-state index in [9.17, 15) is 9.59 Å². The number of amides is 1. The molecule has 172 valence electrons. The van der Waals surface area contributed by atoms with Gasteiger partial charge in [0.2, 0.25) is 0 Å². The Hall–Kier alpha value is -2.66. The molecule has 0 spiro atoms. The van der Waals surface area contributed by atoms with Crippen LogP contribution in [0.25, 0.3) is 0 Å². The van der Waals surface area contributed by atoms with E-state index in [4.69, 9.17) is 4.74 Å². The molecule has 2 aromatic rings. The van der Waals surface area contributed by atoms with Gasteiger partial charge in [-0.05, 0) is 74.2 Å². The summed E-state index contributed by atoms with van der Waals surface area (Å²) < 4.78 is 5.76. The molecule has 0 fully saturated rings. The van der Waals surface area contributed by atoms with Crippen LogP contribution in [0.1, 0.15) is 85.3 Å². The van der Waals surface area contributed by atoms with E-state index in [-0.39, 0.29) is 17.6 Å². The summed E-state index contributed by atoms with van der Waals surface area (Å²) in [7, 11) is 0. The third-order valence-corrected chi connectivity index (χ3v) is 6.07. The Labute approximate surface area is 192 Å². The molecule has 0 bridgehead atoms. The smallest absolute Gasteiger partial charge is 0.255 e. The molecule has 1 unspecified atom stereocenters. The minimum atomic E-state index is -0.223. The lowest BCUT2D eigenvalue weighted by molar-refractivity contribution is 0.0935. The van der Waals surface area contributed by atoms with Gasteiger partial charge in [0, 0.05) is 29.8 Å². The number of hydrogen-bond donors (Lipinski definition) is 1. The molecule has 1 N–H and O–H groups in total. The van der Waals surface area contributed by atoms with Gasteiger partial charge in [-0.15, -0.1) is 0 Å². The SMILES string of the molecule is CCCOc1ccc(C(=O)Nc2ccc3c(c2)C(C)N(CCC)CC3)cc1C(=O)C(C)C. The first-order valence-corrected chi connectivity index (χ1v) is 11.8. The van der Waals surface area contributed by atoms with Gasteiger partial charge in [-0.2, -0.15) is 0 Å². The zero-order valence-corrected chi connectivity index (χ0v) is 20.0. The van der Waals surface area contributed by atoms with E-state index in [0.29, 0.717) is 29.5 Å². The van der Waals surface area contributed by atoms with Gasteiger partial charge < -0.3 is 10.1 Å². The summed E-state index contributed by atoms with van der Waals surface area (Å²) in [6.07, 6.45) is 3.02. The summed E-state index contributed by atoms with van der Waals surface area (Å²) in [4.78, 5) is 28.2. The Morgan fingerprint density at radius 1 is 1.12 bits per heavy atom. The van der Waals surface area contributed by atoms with E-state index in [1.807, 2.05) is 26.8 Å². The first kappa shape index (κ1) is 24.0. The molecule has 32 heavy (non-hydrogen) atoms. The summed E-state index contributed by atoms with van der Waals surface area (Å²) in [5.74, 6) is 0.120. The molecular weight excluding hydrogens is 400 g/mol. The fourth-order valence-electron chi connectivity index (χ4n) is 4.25. The summed E-state index contributed by atoms with van der Waals surface area (Å²) in [5, 5.41) is 3.02. The van der Waals surface area contributed by atoms with Crippen molar-refractivity contribution >= 4 is 17.4 Å². The summed E-state index contributed by atoms with van der Waals surface area (Å²) in [6, 6.07) is 11.6. The molecule has 1 heterocycles. The minimum absolute atomic E-state index is 0.0237. The first-order chi connectivity index (χ1) is 15.3. The highest BCUT2D eigenvalue weighted by Gasteiger charge is 2.24. The van der Waals surface area contributed by atoms with E-state index in [2.05, 4.69) is 36.2 Å². The van der Waals surface area contributed by atoms with Crippen LogP contribution in [0.2, 0.25) is 0 Å². The third-order valence-electron chi connectivity index (χ3n) is 6.07. The topological polar surface area (TPSA) is 58.6 Å². The van der Waals surface area contributed by atoms with E-state index >= 15 is 0 Å². The predicted molar refractivity (Wildman–Crippen MR) is 130 cm³/mol. The zero-order chi connectivity index (χ0) is 23.3. The fourth-order valence-corrected chi connectivity index (χ4v) is 4.25. The lowest BCUT2D eigenvalue weighted by Gasteiger charge is -2.35. The van der Waals surface area contributed by atoms with Crippen LogP contribution in [0, 0.1) is 5.92 Å². The number of rotatable bonds is 9. The second-order valence-corrected chi connectivity index (χ2v) is 8.91. The summed E-state index contributed by atoms with van der Waals surface area (Å²) in [5.41, 5.74) is 4.33. The van der Waals surface area contributed by atoms with E-state index in [1.165, 1.54) is 11.1 Å². The van der Waals surface area contributed by atoms with Crippen LogP contribution < -0.4 is 10.1 Å². The van der Waals surface area contributed by atoms with Crippen molar-refractivity contribution in [2.24, 2.45) is 5.92 Å². The van der Waals surface area contributed by atoms with Crippen molar-refractivity contribution in [3.8, 4) is 5.75 Å². The van der Waals surface area contributed by atoms with Gasteiger partial charge in [0.15, 0.2) is 5.78 Å². The maximum Gasteiger partial charge on any atom is 0.255 e. The van der Waals surface area contributed by atoms with E-state index in [1.54, 1.807) is 18.2 Å². The number of nitrogens with zero attached hydrogens (tertiary/aromatic N) is 1. The number of carbonyl (C=O) groups excluding carboxylic acids is 2. The summed E-state index contributed by atoms with van der Waals surface area (Å²) in [6.45, 7) is 12.9. The highest BCUT2D eigenvalue weighted by atomic mass is 16.5. The number of Topliss-reactive ketones (excluding diaryl/α,β-unsaturated/α-hetero) is 1. The molecule has 0 saturated heterocycles. The van der Waals surface area contributed by atoms with Crippen molar-refractivity contribution in [3.05, 3.63) is 58.7 Å². The van der Waals surface area contributed by atoms with E-state index in [0.717, 1.165) is 38.0 Å². The lowest BCUT2D eigenvalue weighted by atomic mass is 9.92. The van der Waals surface area contributed by atoms with Crippen molar-refractivity contribution < 1.29 is 14.3 Å². The van der Waals surface area contributed by atoms with Crippen LogP contribution in [0.3, 0.4) is 0 Å². The lowest BCUT2D eigenvalue weighted by Crippen LogP contribution is -2.34. The molecule has 5 nitrogen and oxygen atoms in total. The molecule has 1 aliphatic heterocycles. The molecule has 1 aliphatic rings. The Kier molecular flexibility index (Phi) is 8.08. The number of anilines is 1. The summed E-state index contributed by atoms with van der Waals surface area (Å²) >= 11 is 0. The van der Waals surface area contributed by atoms with Gasteiger partial charge in [-0.25, -0.2) is 0 Å². The normalized spacial score (nSPS) is 16.0. The number of ether oxygens (including phenoxy) is 1. The van der Waals surface area contributed by atoms with Crippen molar-refractivity contribution in [2.75, 3.05) is 25.0 Å². The van der Waals surface area contributed by atoms with Crippen molar-refractivity contribution in [1.29, 1.82) is 0 Å². The molecule has 1 amide bonds. The first-order valence-electron chi connectivity index (χ1n) is 11.8. The highest BCUT2D eigenvalue weighted by Crippen LogP contribution is 2.32. The zero-order valence-electron chi connectivity index (χ0n) is 20.0. The van der Waals surface area contributed by atoms with Gasteiger partial charge in [-0.1, -0.05) is 33.8 Å². The van der Waals surface area contributed by atoms with Crippen LogP contribution in [0.5, 0.6) is 5.75 Å². The number of nitrogens with one attached hydrogen (secondary N) is 1. The van der Waals surface area contributed by atoms with Crippen molar-refractivity contribution in [2.45, 2.75) is 59.9 Å². The Morgan fingerprint density at radius 2 is 1.91 bits per heavy atom. The fraction of sp³-hybridized carbons (Fsp3) is 0.481. The molecule has 0 radical (unpaired) electrons. The van der Waals surface area contributed by atoms with Crippen molar-refractivity contribution in [1.82, 2.24) is 4.90 Å². The van der Waals surface area contributed by atoms with Crippen LogP contribution in [0.4, 0.5) is 5.69 Å². The van der Waals surface area contributed by atoms with Crippen LogP contribution in [0.15, 0.2) is 36.4 Å². The third kappa shape index (κ3) is 5.39. The van der Waals surface area contributed by atoms with Gasteiger partial charge in [-0.3, -0.25) is 14.5 Å². The minimum Gasteiger partial charge on any atom is -0.493 e. The molecule has 1 atom stereocenters. The Morgan fingerprint density at radius 3 is 2.59 bits per heavy atom. The highest BCUT2D eigenvalue weighted by molar-refractivity contribution is 6.07. The largest absolute Gasteiger partial charge is 0.493 e. The quantitative estimate of drug-likeness (QED) is 0.498. The van der Waals surface area contributed by atoms with Gasteiger partial charge in [0.1, 0.15) is 5.75 Å². The average Bonchev–Trinajstić information content (AvgIpc) is 2.79. The van der Waals surface area contributed by atoms with Crippen molar-refractivity contribution in [3.63, 3.8) is 0 Å². The molecule has 2 aromatic carbocycles. The standard InChI is InChI=1S/C27H36N2O3/c1-6-13-29-14-12-20-8-10-22(17-23(20)19(29)5)28-27(31)21-9-11-25(32-15-7-2)24(16-21)26(30)18(3)4/h8-11,16-19H,6-7,12-15H2,1-5H3,(H,28,31). The number of ketones is 1. The molecule has 3 rings (SSSR count). The van der Waals surface area contributed by atoms with Crippen LogP contribution >= 0.6 is 0 Å². The van der Waals surface area contributed by atoms with Gasteiger partial charge >= 0.3 is 0 Å². The average molecular weight is 437 g/mol. The van der Waals surface area contributed by atoms with Gasteiger partial charge in [0.05, 0.1) is 12.2 Å². The molecule has 0 aliphatic carbocycles. The maximum absolute atomic E-state index is 13.0. The van der Waals surface area contributed by atoms with Crippen LogP contribution in [-0.4, -0.2) is 36.3 Å². The predicted octanol–water partition coefficient (Wildman–Crippen LogP) is 5.90. The molecule has 0 saturated carbocycles. The van der Waals surface area contributed by atoms with Gasteiger partial charge in [0.25, 0.3) is 5.91 Å². The number of hydrogen-bond acceptors (Lipinski definition) is 4. The maximum atomic E-state index is 13.0. The molecule has 5 heteroatoms. The molecular formula is C27H36N2O3.